The Morgan fingerprint density at radius 1 is 1.21 bits per heavy atom. The van der Waals surface area contributed by atoms with E-state index in [1.165, 1.54) is 6.07 Å². The van der Waals surface area contributed by atoms with Gasteiger partial charge in [0.05, 0.1) is 6.10 Å². The maximum Gasteiger partial charge on any atom is 0.387 e. The second-order valence-corrected chi connectivity index (χ2v) is 4.79. The molecule has 0 saturated heterocycles. The van der Waals surface area contributed by atoms with E-state index >= 15 is 0 Å². The molecule has 0 saturated carbocycles. The molecule has 2 N–H and O–H groups in total. The fraction of sp³-hybridized carbons (Fsp3) is 0.571. The fourth-order valence-electron chi connectivity index (χ4n) is 2.14. The van der Waals surface area contributed by atoms with E-state index in [1.54, 1.807) is 25.1 Å². The topological polar surface area (TPSA) is 41.5 Å². The van der Waals surface area contributed by atoms with E-state index in [1.807, 2.05) is 13.8 Å². The Hall–Kier alpha value is -1.20. The Bertz CT molecular complexity index is 385. The molecule has 3 nitrogen and oxygen atoms in total. The molecule has 3 atom stereocenters. The highest BCUT2D eigenvalue weighted by Crippen LogP contribution is 2.26. The Morgan fingerprint density at radius 3 is 2.42 bits per heavy atom. The molecule has 19 heavy (non-hydrogen) atoms. The van der Waals surface area contributed by atoms with E-state index in [-0.39, 0.29) is 17.8 Å². The summed E-state index contributed by atoms with van der Waals surface area (Å²) in [6.45, 7) is 2.71. The van der Waals surface area contributed by atoms with Gasteiger partial charge in [0.2, 0.25) is 0 Å². The van der Waals surface area contributed by atoms with Crippen LogP contribution in [-0.4, -0.2) is 23.9 Å². The first-order valence-electron chi connectivity index (χ1n) is 6.38. The van der Waals surface area contributed by atoms with E-state index in [0.717, 1.165) is 0 Å². The molecule has 0 amide bonds. The third-order valence-corrected chi connectivity index (χ3v) is 2.83. The van der Waals surface area contributed by atoms with E-state index in [9.17, 15) is 13.9 Å². The number of nitrogens with one attached hydrogen (secondary N) is 1. The number of benzene rings is 1. The van der Waals surface area contributed by atoms with Gasteiger partial charge in [-0.05, 0) is 33.3 Å². The summed E-state index contributed by atoms with van der Waals surface area (Å²) in [6.07, 6.45) is 0.199. The molecule has 0 aliphatic heterocycles. The number of aliphatic hydroxyl groups is 1. The summed E-state index contributed by atoms with van der Waals surface area (Å²) >= 11 is 0. The van der Waals surface area contributed by atoms with Crippen molar-refractivity contribution in [2.24, 2.45) is 0 Å². The van der Waals surface area contributed by atoms with Gasteiger partial charge in [-0.15, -0.1) is 0 Å². The highest BCUT2D eigenvalue weighted by atomic mass is 19.3. The largest absolute Gasteiger partial charge is 0.434 e. The molecule has 0 heterocycles. The molecule has 3 unspecified atom stereocenters. The SMILES string of the molecule is CC(O)CC(C)NC(C)c1ccccc1OC(F)F. The zero-order chi connectivity index (χ0) is 14.4. The van der Waals surface area contributed by atoms with Gasteiger partial charge < -0.3 is 15.2 Å². The van der Waals surface area contributed by atoms with Crippen LogP contribution >= 0.6 is 0 Å². The van der Waals surface area contributed by atoms with Crippen LogP contribution in [0.4, 0.5) is 8.78 Å². The minimum Gasteiger partial charge on any atom is -0.434 e. The van der Waals surface area contributed by atoms with Crippen LogP contribution in [-0.2, 0) is 0 Å². The van der Waals surface area contributed by atoms with Crippen molar-refractivity contribution in [3.8, 4) is 5.75 Å². The first-order valence-corrected chi connectivity index (χ1v) is 6.38. The highest BCUT2D eigenvalue weighted by molar-refractivity contribution is 5.35. The molecule has 0 fully saturated rings. The molecule has 0 radical (unpaired) electrons. The molecule has 0 aromatic heterocycles. The summed E-state index contributed by atoms with van der Waals surface area (Å²) in [5.41, 5.74) is 0.681. The molecule has 1 rings (SSSR count). The van der Waals surface area contributed by atoms with Crippen molar-refractivity contribution < 1.29 is 18.6 Å². The van der Waals surface area contributed by atoms with E-state index in [0.29, 0.717) is 12.0 Å². The zero-order valence-corrected chi connectivity index (χ0v) is 11.4. The van der Waals surface area contributed by atoms with Crippen LogP contribution in [0.3, 0.4) is 0 Å². The minimum absolute atomic E-state index is 0.0783. The van der Waals surface area contributed by atoms with Crippen LogP contribution < -0.4 is 10.1 Å². The molecular weight excluding hydrogens is 252 g/mol. The molecule has 0 spiro atoms. The average Bonchev–Trinajstić information content (AvgIpc) is 2.27. The number of alkyl halides is 2. The van der Waals surface area contributed by atoms with Gasteiger partial charge in [0, 0.05) is 17.6 Å². The average molecular weight is 273 g/mol. The summed E-state index contributed by atoms with van der Waals surface area (Å²) in [6, 6.07) is 6.67. The van der Waals surface area contributed by atoms with Gasteiger partial charge in [0.1, 0.15) is 5.75 Å². The lowest BCUT2D eigenvalue weighted by molar-refractivity contribution is -0.0506. The first-order chi connectivity index (χ1) is 8.90. The third kappa shape index (κ3) is 5.53. The predicted molar refractivity (Wildman–Crippen MR) is 70.4 cm³/mol. The molecule has 0 bridgehead atoms. The lowest BCUT2D eigenvalue weighted by atomic mass is 10.0. The molecule has 1 aromatic rings. The maximum absolute atomic E-state index is 12.3. The lowest BCUT2D eigenvalue weighted by Gasteiger charge is -2.23. The number of halogens is 2. The molecule has 1 aromatic carbocycles. The smallest absolute Gasteiger partial charge is 0.387 e. The Kier molecular flexibility index (Phi) is 6.18. The fourth-order valence-corrected chi connectivity index (χ4v) is 2.14. The Balaban J connectivity index is 2.73. The van der Waals surface area contributed by atoms with Gasteiger partial charge in [0.15, 0.2) is 0 Å². The van der Waals surface area contributed by atoms with E-state index < -0.39 is 12.7 Å². The van der Waals surface area contributed by atoms with E-state index in [4.69, 9.17) is 0 Å². The Labute approximate surface area is 112 Å². The van der Waals surface area contributed by atoms with Crippen molar-refractivity contribution >= 4 is 0 Å². The van der Waals surface area contributed by atoms with Crippen LogP contribution in [0.25, 0.3) is 0 Å². The van der Waals surface area contributed by atoms with E-state index in [2.05, 4.69) is 10.1 Å². The molecule has 0 aliphatic rings. The standard InChI is InChI=1S/C14H21F2NO2/c1-9(8-10(2)18)17-11(3)12-6-4-5-7-13(12)19-14(15)16/h4-7,9-11,14,17-18H,8H2,1-3H3. The molecular formula is C14H21F2NO2. The van der Waals surface area contributed by atoms with Gasteiger partial charge in [-0.1, -0.05) is 18.2 Å². The first kappa shape index (κ1) is 15.9. The summed E-state index contributed by atoms with van der Waals surface area (Å²) in [7, 11) is 0. The Morgan fingerprint density at radius 2 is 1.84 bits per heavy atom. The minimum atomic E-state index is -2.83. The summed E-state index contributed by atoms with van der Waals surface area (Å²) in [5.74, 6) is 0.182. The van der Waals surface area contributed by atoms with Crippen LogP contribution in [0.5, 0.6) is 5.75 Å². The summed E-state index contributed by atoms with van der Waals surface area (Å²) < 4.78 is 29.2. The van der Waals surface area contributed by atoms with Crippen molar-refractivity contribution in [1.82, 2.24) is 5.32 Å². The van der Waals surface area contributed by atoms with Gasteiger partial charge in [-0.2, -0.15) is 8.78 Å². The number of hydrogen-bond acceptors (Lipinski definition) is 3. The predicted octanol–water partition coefficient (Wildman–Crippen LogP) is 3.10. The van der Waals surface area contributed by atoms with Crippen LogP contribution in [0, 0.1) is 0 Å². The summed E-state index contributed by atoms with van der Waals surface area (Å²) in [4.78, 5) is 0. The normalized spacial score (nSPS) is 16.2. The zero-order valence-electron chi connectivity index (χ0n) is 11.4. The second-order valence-electron chi connectivity index (χ2n) is 4.79. The monoisotopic (exact) mass is 273 g/mol. The van der Waals surface area contributed by atoms with Crippen LogP contribution in [0.15, 0.2) is 24.3 Å². The molecule has 0 aliphatic carbocycles. The number of rotatable bonds is 7. The van der Waals surface area contributed by atoms with Gasteiger partial charge in [-0.25, -0.2) is 0 Å². The van der Waals surface area contributed by atoms with Crippen molar-refractivity contribution in [2.75, 3.05) is 0 Å². The maximum atomic E-state index is 12.3. The number of para-hydroxylation sites is 1. The third-order valence-electron chi connectivity index (χ3n) is 2.83. The quantitative estimate of drug-likeness (QED) is 0.802. The number of ether oxygens (including phenoxy) is 1. The van der Waals surface area contributed by atoms with Crippen molar-refractivity contribution in [1.29, 1.82) is 0 Å². The number of hydrogen-bond donors (Lipinski definition) is 2. The lowest BCUT2D eigenvalue weighted by Crippen LogP contribution is -2.31. The second kappa shape index (κ2) is 7.40. The van der Waals surface area contributed by atoms with Crippen LogP contribution in [0.1, 0.15) is 38.8 Å². The molecule has 5 heteroatoms. The summed E-state index contributed by atoms with van der Waals surface area (Å²) in [5, 5.41) is 12.6. The van der Waals surface area contributed by atoms with Crippen LogP contribution in [0.2, 0.25) is 0 Å². The van der Waals surface area contributed by atoms with Crippen molar-refractivity contribution in [3.63, 3.8) is 0 Å². The number of aliphatic hydroxyl groups excluding tert-OH is 1. The van der Waals surface area contributed by atoms with Gasteiger partial charge in [-0.3, -0.25) is 0 Å². The highest BCUT2D eigenvalue weighted by Gasteiger charge is 2.16. The van der Waals surface area contributed by atoms with Crippen molar-refractivity contribution in [2.45, 2.75) is 52.0 Å². The van der Waals surface area contributed by atoms with Gasteiger partial charge >= 0.3 is 6.61 Å². The van der Waals surface area contributed by atoms with Crippen molar-refractivity contribution in [3.05, 3.63) is 29.8 Å². The molecule has 108 valence electrons. The van der Waals surface area contributed by atoms with Gasteiger partial charge in [0.25, 0.3) is 0 Å².